The van der Waals surface area contributed by atoms with Crippen molar-refractivity contribution < 1.29 is 0 Å². The van der Waals surface area contributed by atoms with Gasteiger partial charge in [0.25, 0.3) is 0 Å². The molecule has 0 saturated heterocycles. The van der Waals surface area contributed by atoms with Gasteiger partial charge in [0.15, 0.2) is 5.69 Å². The molecule has 0 aliphatic rings. The second kappa shape index (κ2) is 7.37. The van der Waals surface area contributed by atoms with Gasteiger partial charge in [0.05, 0.1) is 18.2 Å². The molecule has 0 radical (unpaired) electrons. The van der Waals surface area contributed by atoms with Crippen LogP contribution in [0.5, 0.6) is 0 Å². The Kier molecular flexibility index (Phi) is 4.41. The molecular weight excluding hydrogens is 386 g/mol. The van der Waals surface area contributed by atoms with E-state index in [2.05, 4.69) is 58.3 Å². The molecule has 140 valence electrons. The fourth-order valence-corrected chi connectivity index (χ4v) is 4.75. The molecule has 0 fully saturated rings. The van der Waals surface area contributed by atoms with Gasteiger partial charge in [0.2, 0.25) is 0 Å². The lowest BCUT2D eigenvalue weighted by molar-refractivity contribution is 1.29. The maximum absolute atomic E-state index is 9.16. The topological polar surface area (TPSA) is 31.4 Å². The first kappa shape index (κ1) is 17.9. The van der Waals surface area contributed by atoms with Crippen molar-refractivity contribution in [3.63, 3.8) is 0 Å². The average molecular weight is 401 g/mol. The molecule has 0 atom stereocenters. The second-order valence-electron chi connectivity index (χ2n) is 6.90. The van der Waals surface area contributed by atoms with Gasteiger partial charge in [0, 0.05) is 37.2 Å². The molecule has 0 spiro atoms. The zero-order valence-electron chi connectivity index (χ0n) is 15.9. The lowest BCUT2D eigenvalue weighted by Gasteiger charge is -2.25. The minimum atomic E-state index is 0.609. The van der Waals surface area contributed by atoms with Crippen LogP contribution in [0, 0.1) is 17.9 Å². The fourth-order valence-electron chi connectivity index (χ4n) is 3.66. The van der Waals surface area contributed by atoms with Crippen molar-refractivity contribution >= 4 is 54.3 Å². The molecule has 1 aromatic heterocycles. The Hall–Kier alpha value is -4.12. The number of hydrogen-bond acceptors (Lipinski definition) is 3. The monoisotopic (exact) mass is 401 g/mol. The van der Waals surface area contributed by atoms with E-state index in [0.29, 0.717) is 11.3 Å². The summed E-state index contributed by atoms with van der Waals surface area (Å²) in [6.45, 7) is 7.23. The van der Waals surface area contributed by atoms with Gasteiger partial charge in [-0.1, -0.05) is 30.3 Å². The molecule has 0 saturated carbocycles. The summed E-state index contributed by atoms with van der Waals surface area (Å²) in [6.07, 6.45) is 0. The van der Waals surface area contributed by atoms with Gasteiger partial charge < -0.3 is 4.90 Å². The lowest BCUT2D eigenvalue weighted by Crippen LogP contribution is -2.09. The first-order valence-electron chi connectivity index (χ1n) is 9.46. The summed E-state index contributed by atoms with van der Waals surface area (Å²) < 4.78 is 2.53. The molecule has 0 unspecified atom stereocenters. The second-order valence-corrected chi connectivity index (χ2v) is 7.98. The van der Waals surface area contributed by atoms with Crippen LogP contribution in [0.2, 0.25) is 0 Å². The predicted molar refractivity (Wildman–Crippen MR) is 125 cm³/mol. The van der Waals surface area contributed by atoms with Crippen molar-refractivity contribution in [1.82, 2.24) is 0 Å². The summed E-state index contributed by atoms with van der Waals surface area (Å²) in [7, 11) is 0. The van der Waals surface area contributed by atoms with Crippen LogP contribution < -0.4 is 4.90 Å². The Bertz CT molecular complexity index is 1390. The molecule has 3 nitrogen and oxygen atoms in total. The Balaban J connectivity index is 1.71. The highest BCUT2D eigenvalue weighted by atomic mass is 32.1. The largest absolute Gasteiger partial charge is 0.311 e. The maximum atomic E-state index is 9.16. The third-order valence-corrected chi connectivity index (χ3v) is 6.26. The number of rotatable bonds is 3. The summed E-state index contributed by atoms with van der Waals surface area (Å²) in [4.78, 5) is 5.66. The summed E-state index contributed by atoms with van der Waals surface area (Å²) in [5, 5.41) is 11.6. The Morgan fingerprint density at radius 3 is 2.07 bits per heavy atom. The number of benzene rings is 4. The molecule has 4 aromatic carbocycles. The zero-order valence-corrected chi connectivity index (χ0v) is 16.7. The molecular formula is C26H15N3S. The van der Waals surface area contributed by atoms with Crippen molar-refractivity contribution in [3.8, 4) is 6.07 Å². The van der Waals surface area contributed by atoms with E-state index in [1.54, 1.807) is 11.3 Å². The summed E-state index contributed by atoms with van der Waals surface area (Å²) in [6, 6.07) is 32.3. The first-order chi connectivity index (χ1) is 14.8. The Labute approximate surface area is 178 Å². The third-order valence-electron chi connectivity index (χ3n) is 5.11. The van der Waals surface area contributed by atoms with E-state index in [9.17, 15) is 0 Å². The van der Waals surface area contributed by atoms with E-state index in [4.69, 9.17) is 11.8 Å². The van der Waals surface area contributed by atoms with Crippen LogP contribution in [0.15, 0.2) is 91.0 Å². The highest BCUT2D eigenvalue weighted by Gasteiger charge is 2.14. The number of fused-ring (bicyclic) bond motifs is 3. The van der Waals surface area contributed by atoms with E-state index >= 15 is 0 Å². The van der Waals surface area contributed by atoms with Gasteiger partial charge in [-0.25, -0.2) is 4.85 Å². The van der Waals surface area contributed by atoms with Crippen molar-refractivity contribution in [2.24, 2.45) is 0 Å². The van der Waals surface area contributed by atoms with Crippen LogP contribution in [0.4, 0.5) is 22.7 Å². The Morgan fingerprint density at radius 1 is 0.733 bits per heavy atom. The molecule has 30 heavy (non-hydrogen) atoms. The van der Waals surface area contributed by atoms with Crippen LogP contribution in [0.25, 0.3) is 25.0 Å². The summed E-state index contributed by atoms with van der Waals surface area (Å²) in [5.74, 6) is 0. The van der Waals surface area contributed by atoms with Gasteiger partial charge in [-0.05, 0) is 60.7 Å². The molecule has 0 aliphatic carbocycles. The first-order valence-corrected chi connectivity index (χ1v) is 10.3. The molecule has 0 N–H and O–H groups in total. The maximum Gasteiger partial charge on any atom is 0.187 e. The number of nitrogens with zero attached hydrogens (tertiary/aromatic N) is 3. The van der Waals surface area contributed by atoms with Crippen molar-refractivity contribution in [2.45, 2.75) is 0 Å². The van der Waals surface area contributed by atoms with E-state index in [1.807, 2.05) is 48.5 Å². The van der Waals surface area contributed by atoms with Gasteiger partial charge >= 0.3 is 0 Å². The van der Waals surface area contributed by atoms with Crippen LogP contribution in [0.3, 0.4) is 0 Å². The number of nitriles is 1. The number of hydrogen-bond donors (Lipinski definition) is 0. The van der Waals surface area contributed by atoms with Gasteiger partial charge in [-0.3, -0.25) is 0 Å². The molecule has 0 bridgehead atoms. The number of anilines is 3. The van der Waals surface area contributed by atoms with Crippen LogP contribution in [-0.4, -0.2) is 0 Å². The normalized spacial score (nSPS) is 10.6. The van der Waals surface area contributed by atoms with Crippen LogP contribution in [0.1, 0.15) is 5.56 Å². The minimum absolute atomic E-state index is 0.609. The number of thiophene rings is 1. The molecule has 0 aliphatic heterocycles. The Morgan fingerprint density at radius 2 is 1.37 bits per heavy atom. The van der Waals surface area contributed by atoms with E-state index in [1.165, 1.54) is 20.2 Å². The predicted octanol–water partition coefficient (Wildman–Crippen LogP) is 7.95. The zero-order chi connectivity index (χ0) is 20.5. The highest BCUT2D eigenvalue weighted by molar-refractivity contribution is 7.25. The molecule has 1 heterocycles. The highest BCUT2D eigenvalue weighted by Crippen LogP contribution is 2.40. The van der Waals surface area contributed by atoms with E-state index in [0.717, 1.165) is 17.1 Å². The van der Waals surface area contributed by atoms with Gasteiger partial charge in [-0.15, -0.1) is 11.3 Å². The van der Waals surface area contributed by atoms with Crippen molar-refractivity contribution in [1.29, 1.82) is 5.26 Å². The quantitative estimate of drug-likeness (QED) is 0.287. The standard InChI is InChI=1S/C26H15N3S/c1-28-19-8-12-21(13-9-19)29(20-10-6-18(17-27)7-11-20)22-14-15-26-24(16-22)23-4-2-3-5-25(23)30-26/h2-16H. The SMILES string of the molecule is [C-]#[N+]c1ccc(N(c2ccc(C#N)cc2)c2ccc3sc4ccccc4c3c2)cc1. The average Bonchev–Trinajstić information content (AvgIpc) is 3.18. The summed E-state index contributed by atoms with van der Waals surface area (Å²) >= 11 is 1.80. The molecule has 5 aromatic rings. The fraction of sp³-hybridized carbons (Fsp3) is 0. The van der Waals surface area contributed by atoms with Gasteiger partial charge in [0.1, 0.15) is 0 Å². The van der Waals surface area contributed by atoms with Crippen molar-refractivity contribution in [3.05, 3.63) is 108 Å². The molecule has 0 amide bonds. The van der Waals surface area contributed by atoms with Crippen LogP contribution in [-0.2, 0) is 0 Å². The van der Waals surface area contributed by atoms with E-state index < -0.39 is 0 Å². The van der Waals surface area contributed by atoms with Crippen LogP contribution >= 0.6 is 11.3 Å². The van der Waals surface area contributed by atoms with Gasteiger partial charge in [-0.2, -0.15) is 5.26 Å². The lowest BCUT2D eigenvalue weighted by atomic mass is 10.1. The third kappa shape index (κ3) is 3.06. The summed E-state index contributed by atoms with van der Waals surface area (Å²) in [5.41, 5.74) is 4.19. The smallest absolute Gasteiger partial charge is 0.187 e. The minimum Gasteiger partial charge on any atom is -0.311 e. The molecule has 5 rings (SSSR count). The van der Waals surface area contributed by atoms with E-state index in [-0.39, 0.29) is 0 Å². The molecule has 4 heteroatoms. The van der Waals surface area contributed by atoms with Crippen molar-refractivity contribution in [2.75, 3.05) is 4.90 Å².